The van der Waals surface area contributed by atoms with Crippen LogP contribution in [0, 0.1) is 5.82 Å². The molecule has 0 saturated heterocycles. The first-order chi connectivity index (χ1) is 9.97. The second-order valence-electron chi connectivity index (χ2n) is 5.44. The SMILES string of the molecule is Cl.NC(Cc1cc(O)c(O)cc1F)C(=O)OC1CCCCC1. The van der Waals surface area contributed by atoms with Gasteiger partial charge in [-0.15, -0.1) is 12.4 Å². The van der Waals surface area contributed by atoms with Gasteiger partial charge in [-0.3, -0.25) is 4.79 Å². The summed E-state index contributed by atoms with van der Waals surface area (Å²) in [7, 11) is 0. The fraction of sp³-hybridized carbons (Fsp3) is 0.533. The van der Waals surface area contributed by atoms with Gasteiger partial charge in [0.05, 0.1) is 0 Å². The van der Waals surface area contributed by atoms with Gasteiger partial charge in [-0.2, -0.15) is 0 Å². The third-order valence-corrected chi connectivity index (χ3v) is 3.72. The summed E-state index contributed by atoms with van der Waals surface area (Å²) in [6.07, 6.45) is 4.71. The molecule has 0 bridgehead atoms. The minimum absolute atomic E-state index is 0. The van der Waals surface area contributed by atoms with Crippen LogP contribution in [0.4, 0.5) is 4.39 Å². The zero-order chi connectivity index (χ0) is 15.4. The van der Waals surface area contributed by atoms with Crippen LogP contribution in [0.5, 0.6) is 11.5 Å². The molecule has 1 saturated carbocycles. The fourth-order valence-electron chi connectivity index (χ4n) is 2.51. The van der Waals surface area contributed by atoms with Gasteiger partial charge in [0.15, 0.2) is 11.5 Å². The average molecular weight is 334 g/mol. The van der Waals surface area contributed by atoms with Crippen molar-refractivity contribution < 1.29 is 24.1 Å². The third-order valence-electron chi connectivity index (χ3n) is 3.72. The number of phenolic OH excluding ortho intramolecular Hbond substituents is 2. The molecule has 0 amide bonds. The second kappa shape index (κ2) is 8.19. The lowest BCUT2D eigenvalue weighted by Gasteiger charge is -2.23. The largest absolute Gasteiger partial charge is 0.504 e. The number of rotatable bonds is 4. The Bertz CT molecular complexity index is 521. The molecular formula is C15H21ClFNO4. The monoisotopic (exact) mass is 333 g/mol. The topological polar surface area (TPSA) is 92.8 Å². The lowest BCUT2D eigenvalue weighted by Crippen LogP contribution is -2.37. The molecule has 1 atom stereocenters. The summed E-state index contributed by atoms with van der Waals surface area (Å²) in [6, 6.07) is 0.868. The Morgan fingerprint density at radius 2 is 1.86 bits per heavy atom. The summed E-state index contributed by atoms with van der Waals surface area (Å²) in [5.74, 6) is -2.27. The van der Waals surface area contributed by atoms with Gasteiger partial charge >= 0.3 is 5.97 Å². The van der Waals surface area contributed by atoms with Crippen LogP contribution in [0.15, 0.2) is 12.1 Å². The van der Waals surface area contributed by atoms with Gasteiger partial charge in [0.25, 0.3) is 0 Å². The summed E-state index contributed by atoms with van der Waals surface area (Å²) in [5.41, 5.74) is 5.81. The van der Waals surface area contributed by atoms with Crippen LogP contribution < -0.4 is 5.73 Å². The van der Waals surface area contributed by atoms with Crippen molar-refractivity contribution in [3.8, 4) is 11.5 Å². The average Bonchev–Trinajstić information content (AvgIpc) is 2.45. The molecule has 124 valence electrons. The maximum Gasteiger partial charge on any atom is 0.323 e. The van der Waals surface area contributed by atoms with Crippen molar-refractivity contribution in [3.63, 3.8) is 0 Å². The Balaban J connectivity index is 0.00000242. The Morgan fingerprint density at radius 1 is 1.27 bits per heavy atom. The van der Waals surface area contributed by atoms with Crippen molar-refractivity contribution in [1.29, 1.82) is 0 Å². The number of carbonyl (C=O) groups excluding carboxylic acids is 1. The Labute approximate surface area is 134 Å². The van der Waals surface area contributed by atoms with Crippen LogP contribution in [0.1, 0.15) is 37.7 Å². The van der Waals surface area contributed by atoms with E-state index in [0.29, 0.717) is 0 Å². The van der Waals surface area contributed by atoms with E-state index in [0.717, 1.165) is 44.2 Å². The predicted octanol–water partition coefficient (Wildman–Crippen LogP) is 2.40. The smallest absolute Gasteiger partial charge is 0.323 e. The molecule has 1 unspecified atom stereocenters. The van der Waals surface area contributed by atoms with E-state index >= 15 is 0 Å². The zero-order valence-electron chi connectivity index (χ0n) is 12.1. The lowest BCUT2D eigenvalue weighted by atomic mass is 9.97. The molecule has 0 aromatic heterocycles. The highest BCUT2D eigenvalue weighted by Gasteiger charge is 2.23. The van der Waals surface area contributed by atoms with Gasteiger partial charge in [0.1, 0.15) is 18.0 Å². The van der Waals surface area contributed by atoms with Crippen molar-refractivity contribution in [2.75, 3.05) is 0 Å². The molecule has 1 aliphatic rings. The van der Waals surface area contributed by atoms with Gasteiger partial charge in [-0.25, -0.2) is 4.39 Å². The molecule has 1 aromatic rings. The number of nitrogens with two attached hydrogens (primary N) is 1. The summed E-state index contributed by atoms with van der Waals surface area (Å²) in [4.78, 5) is 11.9. The van der Waals surface area contributed by atoms with E-state index in [4.69, 9.17) is 10.5 Å². The van der Waals surface area contributed by atoms with Crippen molar-refractivity contribution in [3.05, 3.63) is 23.5 Å². The molecule has 4 N–H and O–H groups in total. The van der Waals surface area contributed by atoms with Crippen molar-refractivity contribution in [2.45, 2.75) is 50.7 Å². The number of aromatic hydroxyl groups is 2. The predicted molar refractivity (Wildman–Crippen MR) is 81.6 cm³/mol. The molecule has 2 rings (SSSR count). The number of phenols is 2. The number of ether oxygens (including phenoxy) is 1. The Hall–Kier alpha value is -1.53. The number of hydrogen-bond donors (Lipinski definition) is 3. The molecule has 0 radical (unpaired) electrons. The summed E-state index contributed by atoms with van der Waals surface area (Å²) in [5, 5.41) is 18.5. The third kappa shape index (κ3) is 4.74. The Kier molecular flexibility index (Phi) is 6.90. The lowest BCUT2D eigenvalue weighted by molar-refractivity contribution is -0.152. The van der Waals surface area contributed by atoms with Crippen LogP contribution in [0.3, 0.4) is 0 Å². The van der Waals surface area contributed by atoms with Gasteiger partial charge in [0.2, 0.25) is 0 Å². The van der Waals surface area contributed by atoms with Crippen LogP contribution >= 0.6 is 12.4 Å². The highest BCUT2D eigenvalue weighted by atomic mass is 35.5. The standard InChI is InChI=1S/C15H20FNO4.ClH/c16-11-8-14(19)13(18)7-9(11)6-12(17)15(20)21-10-4-2-1-3-5-10;/h7-8,10,12,18-19H,1-6,17H2;1H. The van der Waals surface area contributed by atoms with Crippen LogP contribution in [-0.2, 0) is 16.0 Å². The van der Waals surface area contributed by atoms with Gasteiger partial charge in [0, 0.05) is 12.5 Å². The number of benzene rings is 1. The zero-order valence-corrected chi connectivity index (χ0v) is 12.9. The van der Waals surface area contributed by atoms with Crippen molar-refractivity contribution in [2.24, 2.45) is 5.73 Å². The van der Waals surface area contributed by atoms with Crippen LogP contribution in [0.2, 0.25) is 0 Å². The Morgan fingerprint density at radius 3 is 2.50 bits per heavy atom. The quantitative estimate of drug-likeness (QED) is 0.581. The van der Waals surface area contributed by atoms with Gasteiger partial charge < -0.3 is 20.7 Å². The highest BCUT2D eigenvalue weighted by molar-refractivity contribution is 5.85. The molecule has 5 nitrogen and oxygen atoms in total. The van der Waals surface area contributed by atoms with E-state index < -0.39 is 29.3 Å². The first-order valence-corrected chi connectivity index (χ1v) is 7.14. The second-order valence-corrected chi connectivity index (χ2v) is 5.44. The van der Waals surface area contributed by atoms with E-state index in [1.807, 2.05) is 0 Å². The minimum Gasteiger partial charge on any atom is -0.504 e. The maximum atomic E-state index is 13.6. The summed E-state index contributed by atoms with van der Waals surface area (Å²) >= 11 is 0. The molecule has 1 aliphatic carbocycles. The number of halogens is 2. The van der Waals surface area contributed by atoms with Crippen molar-refractivity contribution in [1.82, 2.24) is 0 Å². The summed E-state index contributed by atoms with van der Waals surface area (Å²) in [6.45, 7) is 0. The van der Waals surface area contributed by atoms with E-state index in [2.05, 4.69) is 0 Å². The van der Waals surface area contributed by atoms with E-state index in [1.165, 1.54) is 0 Å². The molecule has 1 aromatic carbocycles. The normalized spacial score (nSPS) is 16.6. The fourth-order valence-corrected chi connectivity index (χ4v) is 2.51. The number of carbonyl (C=O) groups is 1. The van der Waals surface area contributed by atoms with E-state index in [1.54, 1.807) is 0 Å². The van der Waals surface area contributed by atoms with E-state index in [-0.39, 0.29) is 30.5 Å². The van der Waals surface area contributed by atoms with Crippen molar-refractivity contribution >= 4 is 18.4 Å². The molecule has 1 fully saturated rings. The molecule has 22 heavy (non-hydrogen) atoms. The maximum absolute atomic E-state index is 13.6. The molecule has 7 heteroatoms. The van der Waals surface area contributed by atoms with Gasteiger partial charge in [-0.05, 0) is 37.3 Å². The molecule has 0 spiro atoms. The van der Waals surface area contributed by atoms with Crippen LogP contribution in [0.25, 0.3) is 0 Å². The minimum atomic E-state index is -0.995. The van der Waals surface area contributed by atoms with Gasteiger partial charge in [-0.1, -0.05) is 6.42 Å². The first-order valence-electron chi connectivity index (χ1n) is 7.14. The number of esters is 1. The number of hydrogen-bond acceptors (Lipinski definition) is 5. The molecule has 0 aliphatic heterocycles. The molecule has 0 heterocycles. The van der Waals surface area contributed by atoms with E-state index in [9.17, 15) is 19.4 Å². The van der Waals surface area contributed by atoms with Crippen LogP contribution in [-0.4, -0.2) is 28.3 Å². The highest BCUT2D eigenvalue weighted by Crippen LogP contribution is 2.28. The molecular weight excluding hydrogens is 313 g/mol. The first kappa shape index (κ1) is 18.5. The summed E-state index contributed by atoms with van der Waals surface area (Å²) < 4.78 is 19.0.